The zero-order valence-electron chi connectivity index (χ0n) is 14.3. The van der Waals surface area contributed by atoms with Gasteiger partial charge in [-0.2, -0.15) is 13.2 Å². The molecule has 3 aliphatic rings. The number of rotatable bonds is 3. The molecule has 2 atom stereocenters. The van der Waals surface area contributed by atoms with Crippen molar-refractivity contribution in [3.8, 4) is 11.5 Å². The minimum atomic E-state index is -4.36. The van der Waals surface area contributed by atoms with E-state index in [1.54, 1.807) is 0 Å². The highest BCUT2D eigenvalue weighted by molar-refractivity contribution is 5.84. The molecule has 4 rings (SSSR count). The maximum absolute atomic E-state index is 12.7. The zero-order valence-corrected chi connectivity index (χ0v) is 14.3. The molecule has 3 heterocycles. The van der Waals surface area contributed by atoms with Crippen molar-refractivity contribution in [3.63, 3.8) is 0 Å². The third kappa shape index (κ3) is 3.34. The van der Waals surface area contributed by atoms with Crippen molar-refractivity contribution in [2.75, 3.05) is 32.8 Å². The summed E-state index contributed by atoms with van der Waals surface area (Å²) in [5.74, 6) is 0.988. The average molecular weight is 370 g/mol. The number of benzene rings is 1. The normalized spacial score (nSPS) is 26.6. The zero-order chi connectivity index (χ0) is 18.3. The van der Waals surface area contributed by atoms with E-state index in [2.05, 4.69) is 4.90 Å². The van der Waals surface area contributed by atoms with Crippen molar-refractivity contribution in [1.82, 2.24) is 9.80 Å². The van der Waals surface area contributed by atoms with E-state index in [4.69, 9.17) is 9.47 Å². The van der Waals surface area contributed by atoms with Crippen LogP contribution in [0.3, 0.4) is 0 Å². The minimum absolute atomic E-state index is 0.0191. The summed E-state index contributed by atoms with van der Waals surface area (Å²) in [5.41, 5.74) is 1.02. The second-order valence-corrected chi connectivity index (χ2v) is 6.98. The van der Waals surface area contributed by atoms with E-state index in [0.717, 1.165) is 29.8 Å². The maximum atomic E-state index is 12.7. The van der Waals surface area contributed by atoms with Gasteiger partial charge in [0.1, 0.15) is 19.8 Å². The van der Waals surface area contributed by atoms with Gasteiger partial charge >= 0.3 is 6.18 Å². The van der Waals surface area contributed by atoms with Crippen LogP contribution < -0.4 is 9.47 Å². The van der Waals surface area contributed by atoms with E-state index in [1.165, 1.54) is 0 Å². The van der Waals surface area contributed by atoms with Crippen LogP contribution in [0.4, 0.5) is 13.2 Å². The number of ether oxygens (including phenoxy) is 2. The summed E-state index contributed by atoms with van der Waals surface area (Å²) in [6.45, 7) is 0.736. The van der Waals surface area contributed by atoms with Gasteiger partial charge in [0, 0.05) is 12.6 Å². The summed E-state index contributed by atoms with van der Waals surface area (Å²) in [5, 5.41) is 0. The van der Waals surface area contributed by atoms with E-state index in [9.17, 15) is 18.0 Å². The molecule has 0 bridgehead atoms. The average Bonchev–Trinajstić information content (AvgIpc) is 3.21. The van der Waals surface area contributed by atoms with E-state index in [-0.39, 0.29) is 12.6 Å². The van der Waals surface area contributed by atoms with Gasteiger partial charge in [-0.1, -0.05) is 6.07 Å². The fourth-order valence-electron chi connectivity index (χ4n) is 4.19. The Labute approximate surface area is 149 Å². The molecule has 2 fully saturated rings. The van der Waals surface area contributed by atoms with Gasteiger partial charge in [-0.15, -0.1) is 0 Å². The van der Waals surface area contributed by atoms with Gasteiger partial charge in [0.15, 0.2) is 11.5 Å². The van der Waals surface area contributed by atoms with Crippen LogP contribution in [0.5, 0.6) is 11.5 Å². The summed E-state index contributed by atoms with van der Waals surface area (Å²) >= 11 is 0. The number of carbonyl (C=O) groups excluding carboxylic acids is 1. The molecule has 26 heavy (non-hydrogen) atoms. The molecular formula is C18H21F3N2O3. The summed E-state index contributed by atoms with van der Waals surface area (Å²) < 4.78 is 49.1. The largest absolute Gasteiger partial charge is 0.486 e. The van der Waals surface area contributed by atoms with Crippen molar-refractivity contribution >= 4 is 5.91 Å². The van der Waals surface area contributed by atoms with Crippen LogP contribution in [-0.2, 0) is 4.79 Å². The number of nitrogens with zero attached hydrogens (tertiary/aromatic N) is 2. The van der Waals surface area contributed by atoms with Gasteiger partial charge in [0.25, 0.3) is 0 Å². The van der Waals surface area contributed by atoms with Crippen molar-refractivity contribution in [2.24, 2.45) is 0 Å². The Balaban J connectivity index is 1.51. The lowest BCUT2D eigenvalue weighted by atomic mass is 10.0. The second kappa shape index (κ2) is 6.64. The van der Waals surface area contributed by atoms with Gasteiger partial charge < -0.3 is 14.4 Å². The predicted octanol–water partition coefficient (Wildman–Crippen LogP) is 2.76. The summed E-state index contributed by atoms with van der Waals surface area (Å²) in [6.07, 6.45) is -2.12. The molecule has 5 nitrogen and oxygen atoms in total. The number of amides is 1. The predicted molar refractivity (Wildman–Crippen MR) is 87.2 cm³/mol. The lowest BCUT2D eigenvalue weighted by Gasteiger charge is -2.30. The molecule has 0 unspecified atom stereocenters. The van der Waals surface area contributed by atoms with Gasteiger partial charge in [0.05, 0.1) is 6.04 Å². The Morgan fingerprint density at radius 1 is 1.04 bits per heavy atom. The molecule has 0 aliphatic carbocycles. The van der Waals surface area contributed by atoms with Gasteiger partial charge in [-0.3, -0.25) is 9.69 Å². The van der Waals surface area contributed by atoms with Crippen molar-refractivity contribution in [2.45, 2.75) is 37.5 Å². The molecule has 0 saturated carbocycles. The Bertz CT molecular complexity index is 695. The SMILES string of the molecule is O=C1[C@@H](N2CCC[C@@H]2c2ccc3c(c2)OCCO3)CCN1CC(F)(F)F. The fraction of sp³-hybridized carbons (Fsp3) is 0.611. The Kier molecular flexibility index (Phi) is 4.46. The van der Waals surface area contributed by atoms with Crippen molar-refractivity contribution < 1.29 is 27.4 Å². The summed E-state index contributed by atoms with van der Waals surface area (Å²) in [4.78, 5) is 15.5. The highest BCUT2D eigenvalue weighted by Gasteiger charge is 2.44. The van der Waals surface area contributed by atoms with Crippen LogP contribution in [0.1, 0.15) is 30.9 Å². The molecule has 3 aliphatic heterocycles. The van der Waals surface area contributed by atoms with Gasteiger partial charge in [0.2, 0.25) is 5.91 Å². The first-order valence-corrected chi connectivity index (χ1v) is 8.93. The highest BCUT2D eigenvalue weighted by atomic mass is 19.4. The number of likely N-dealkylation sites (tertiary alicyclic amines) is 2. The molecule has 142 valence electrons. The molecule has 0 aromatic heterocycles. The number of alkyl halides is 3. The molecular weight excluding hydrogens is 349 g/mol. The first kappa shape index (κ1) is 17.5. The van der Waals surface area contributed by atoms with Gasteiger partial charge in [-0.25, -0.2) is 0 Å². The van der Waals surface area contributed by atoms with E-state index in [0.29, 0.717) is 31.1 Å². The second-order valence-electron chi connectivity index (χ2n) is 6.98. The highest BCUT2D eigenvalue weighted by Crippen LogP contribution is 2.40. The third-order valence-corrected chi connectivity index (χ3v) is 5.28. The Morgan fingerprint density at radius 2 is 1.81 bits per heavy atom. The quantitative estimate of drug-likeness (QED) is 0.821. The van der Waals surface area contributed by atoms with Crippen LogP contribution in [0.2, 0.25) is 0 Å². The van der Waals surface area contributed by atoms with E-state index in [1.807, 2.05) is 18.2 Å². The Hall–Kier alpha value is -1.96. The van der Waals surface area contributed by atoms with E-state index < -0.39 is 24.7 Å². The summed E-state index contributed by atoms with van der Waals surface area (Å²) in [7, 11) is 0. The number of halogens is 3. The van der Waals surface area contributed by atoms with Gasteiger partial charge in [-0.05, 0) is 43.5 Å². The van der Waals surface area contributed by atoms with Crippen LogP contribution in [0.15, 0.2) is 18.2 Å². The molecule has 0 radical (unpaired) electrons. The van der Waals surface area contributed by atoms with Crippen LogP contribution in [-0.4, -0.2) is 60.8 Å². The lowest BCUT2D eigenvalue weighted by Crippen LogP contribution is -2.43. The number of carbonyl (C=O) groups is 1. The smallest absolute Gasteiger partial charge is 0.406 e. The molecule has 8 heteroatoms. The number of hydrogen-bond acceptors (Lipinski definition) is 4. The summed E-state index contributed by atoms with van der Waals surface area (Å²) in [6, 6.07) is 5.31. The first-order valence-electron chi connectivity index (χ1n) is 8.93. The standard InChI is InChI=1S/C18H21F3N2O3/c19-18(20,21)11-22-7-5-14(17(22)24)23-6-1-2-13(23)12-3-4-15-16(10-12)26-9-8-25-15/h3-4,10,13-14H,1-2,5-9,11H2/t13-,14+/m1/s1. The Morgan fingerprint density at radius 3 is 2.58 bits per heavy atom. The topological polar surface area (TPSA) is 42.0 Å². The van der Waals surface area contributed by atoms with Crippen molar-refractivity contribution in [1.29, 1.82) is 0 Å². The first-order chi connectivity index (χ1) is 12.4. The lowest BCUT2D eigenvalue weighted by molar-refractivity contribution is -0.159. The molecule has 0 N–H and O–H groups in total. The number of fused-ring (bicyclic) bond motifs is 1. The third-order valence-electron chi connectivity index (χ3n) is 5.28. The molecule has 2 saturated heterocycles. The fourth-order valence-corrected chi connectivity index (χ4v) is 4.19. The molecule has 1 aromatic rings. The van der Waals surface area contributed by atoms with Crippen LogP contribution >= 0.6 is 0 Å². The number of hydrogen-bond donors (Lipinski definition) is 0. The van der Waals surface area contributed by atoms with Crippen LogP contribution in [0, 0.1) is 0 Å². The monoisotopic (exact) mass is 370 g/mol. The minimum Gasteiger partial charge on any atom is -0.486 e. The molecule has 0 spiro atoms. The maximum Gasteiger partial charge on any atom is 0.406 e. The van der Waals surface area contributed by atoms with Crippen LogP contribution in [0.25, 0.3) is 0 Å². The molecule has 1 amide bonds. The van der Waals surface area contributed by atoms with E-state index >= 15 is 0 Å². The molecule has 1 aromatic carbocycles. The van der Waals surface area contributed by atoms with Crippen molar-refractivity contribution in [3.05, 3.63) is 23.8 Å².